The van der Waals surface area contributed by atoms with Crippen LogP contribution in [0.15, 0.2) is 66.9 Å². The Bertz CT molecular complexity index is 1520. The standard InChI is InChI=1S/C28H29Cl2N7O3/c1-35(2)20-7-4-18(5-8-20)17-33-28(38)26-22(21-9-6-19(29)16-23(21)30)12-15-36(26)14-3-13-32-25-11-10-24(37(39)40)27(31)34-25/h4-12,15-16H,3,13-14,17H2,1-2H3,(H,33,38)(H3,31,32,34). The van der Waals surface area contributed by atoms with E-state index in [0.29, 0.717) is 58.7 Å². The second-order valence-electron chi connectivity index (χ2n) is 9.28. The van der Waals surface area contributed by atoms with Gasteiger partial charge in [-0.1, -0.05) is 41.4 Å². The van der Waals surface area contributed by atoms with Crippen LogP contribution in [0, 0.1) is 10.1 Å². The first-order valence-corrected chi connectivity index (χ1v) is 13.2. The van der Waals surface area contributed by atoms with Crippen LogP contribution in [0.2, 0.25) is 10.0 Å². The Labute approximate surface area is 241 Å². The molecular formula is C28H29Cl2N7O3. The lowest BCUT2D eigenvalue weighted by Crippen LogP contribution is -2.26. The highest BCUT2D eigenvalue weighted by atomic mass is 35.5. The second-order valence-corrected chi connectivity index (χ2v) is 10.1. The Morgan fingerprint density at radius 1 is 1.07 bits per heavy atom. The molecular weight excluding hydrogens is 553 g/mol. The number of hydrogen-bond acceptors (Lipinski definition) is 7. The van der Waals surface area contributed by atoms with Crippen molar-refractivity contribution in [2.75, 3.05) is 36.6 Å². The molecule has 2 heterocycles. The maximum Gasteiger partial charge on any atom is 0.311 e. The molecule has 4 N–H and O–H groups in total. The average molecular weight is 582 g/mol. The fourth-order valence-electron chi connectivity index (χ4n) is 4.20. The van der Waals surface area contributed by atoms with E-state index in [4.69, 9.17) is 28.9 Å². The molecule has 0 unspecified atom stereocenters. The van der Waals surface area contributed by atoms with Crippen LogP contribution in [0.25, 0.3) is 11.1 Å². The van der Waals surface area contributed by atoms with Crippen molar-refractivity contribution in [1.82, 2.24) is 14.9 Å². The lowest BCUT2D eigenvalue weighted by molar-refractivity contribution is -0.384. The SMILES string of the molecule is CN(C)c1ccc(CNC(=O)c2c(-c3ccc(Cl)cc3Cl)ccn2CCCNc2ccc([N+](=O)[O-])c(N)n2)cc1. The molecule has 2 aromatic heterocycles. The van der Waals surface area contributed by atoms with Crippen molar-refractivity contribution in [3.8, 4) is 11.1 Å². The Hall–Kier alpha value is -4.28. The van der Waals surface area contributed by atoms with Gasteiger partial charge in [0.2, 0.25) is 5.82 Å². The largest absolute Gasteiger partial charge is 0.378 e. The summed E-state index contributed by atoms with van der Waals surface area (Å²) in [5.74, 6) is 0.0446. The molecule has 0 spiro atoms. The number of nitrogens with zero attached hydrogens (tertiary/aromatic N) is 4. The van der Waals surface area contributed by atoms with Crippen LogP contribution in [0.4, 0.5) is 23.0 Å². The van der Waals surface area contributed by atoms with Gasteiger partial charge in [0.1, 0.15) is 11.5 Å². The van der Waals surface area contributed by atoms with Crippen molar-refractivity contribution < 1.29 is 9.72 Å². The molecule has 0 fully saturated rings. The number of aryl methyl sites for hydroxylation is 1. The highest BCUT2D eigenvalue weighted by Crippen LogP contribution is 2.33. The summed E-state index contributed by atoms with van der Waals surface area (Å²) in [6.45, 7) is 1.38. The molecule has 12 heteroatoms. The summed E-state index contributed by atoms with van der Waals surface area (Å²) in [7, 11) is 3.95. The van der Waals surface area contributed by atoms with Gasteiger partial charge in [0.05, 0.1) is 4.92 Å². The van der Waals surface area contributed by atoms with E-state index in [1.54, 1.807) is 18.2 Å². The maximum absolute atomic E-state index is 13.5. The molecule has 0 atom stereocenters. The minimum Gasteiger partial charge on any atom is -0.378 e. The highest BCUT2D eigenvalue weighted by Gasteiger charge is 2.20. The normalized spacial score (nSPS) is 10.8. The van der Waals surface area contributed by atoms with E-state index in [2.05, 4.69) is 15.6 Å². The van der Waals surface area contributed by atoms with Gasteiger partial charge in [0.25, 0.3) is 5.91 Å². The summed E-state index contributed by atoms with van der Waals surface area (Å²) in [6.07, 6.45) is 2.48. The van der Waals surface area contributed by atoms with Crippen LogP contribution >= 0.6 is 23.2 Å². The van der Waals surface area contributed by atoms with Gasteiger partial charge in [-0.3, -0.25) is 14.9 Å². The van der Waals surface area contributed by atoms with Gasteiger partial charge in [-0.25, -0.2) is 4.98 Å². The molecule has 0 aliphatic heterocycles. The minimum absolute atomic E-state index is 0.153. The third kappa shape index (κ3) is 6.83. The maximum atomic E-state index is 13.5. The first-order valence-electron chi connectivity index (χ1n) is 12.5. The van der Waals surface area contributed by atoms with Gasteiger partial charge in [0.15, 0.2) is 0 Å². The van der Waals surface area contributed by atoms with Crippen molar-refractivity contribution in [1.29, 1.82) is 0 Å². The number of carbonyl (C=O) groups is 1. The van der Waals surface area contributed by atoms with E-state index in [1.165, 1.54) is 12.1 Å². The number of nitro groups is 1. The zero-order valence-electron chi connectivity index (χ0n) is 22.0. The minimum atomic E-state index is -0.575. The number of anilines is 3. The van der Waals surface area contributed by atoms with E-state index in [0.717, 1.165) is 11.3 Å². The van der Waals surface area contributed by atoms with Gasteiger partial charge in [0, 0.05) is 72.9 Å². The molecule has 0 saturated heterocycles. The number of nitrogens with two attached hydrogens (primary N) is 1. The molecule has 10 nitrogen and oxygen atoms in total. The molecule has 0 bridgehead atoms. The van der Waals surface area contributed by atoms with E-state index in [9.17, 15) is 14.9 Å². The van der Waals surface area contributed by atoms with E-state index in [-0.39, 0.29) is 17.4 Å². The van der Waals surface area contributed by atoms with Gasteiger partial charge in [-0.2, -0.15) is 0 Å². The Kier molecular flexibility index (Phi) is 9.13. The predicted octanol–water partition coefficient (Wildman–Crippen LogP) is 5.85. The van der Waals surface area contributed by atoms with Crippen LogP contribution in [0.5, 0.6) is 0 Å². The lowest BCUT2D eigenvalue weighted by Gasteiger charge is -2.15. The molecule has 4 rings (SSSR count). The topological polar surface area (TPSA) is 131 Å². The van der Waals surface area contributed by atoms with Gasteiger partial charge >= 0.3 is 5.69 Å². The predicted molar refractivity (Wildman–Crippen MR) is 160 cm³/mol. The van der Waals surface area contributed by atoms with Gasteiger partial charge < -0.3 is 25.8 Å². The van der Waals surface area contributed by atoms with Crippen molar-refractivity contribution in [3.63, 3.8) is 0 Å². The van der Waals surface area contributed by atoms with Crippen LogP contribution in [0.1, 0.15) is 22.5 Å². The van der Waals surface area contributed by atoms with Crippen molar-refractivity contribution >= 4 is 52.1 Å². The third-order valence-electron chi connectivity index (χ3n) is 6.29. The van der Waals surface area contributed by atoms with Crippen LogP contribution < -0.4 is 21.3 Å². The Morgan fingerprint density at radius 2 is 1.82 bits per heavy atom. The summed E-state index contributed by atoms with van der Waals surface area (Å²) < 4.78 is 1.88. The number of amides is 1. The van der Waals surface area contributed by atoms with Crippen LogP contribution in [-0.4, -0.2) is 41.0 Å². The number of aromatic nitrogens is 2. The van der Waals surface area contributed by atoms with E-state index in [1.807, 2.05) is 60.1 Å². The summed E-state index contributed by atoms with van der Waals surface area (Å²) >= 11 is 12.6. The summed E-state index contributed by atoms with van der Waals surface area (Å²) in [5.41, 5.74) is 9.36. The van der Waals surface area contributed by atoms with Crippen molar-refractivity contribution in [2.45, 2.75) is 19.5 Å². The van der Waals surface area contributed by atoms with Gasteiger partial charge in [-0.05, 0) is 48.4 Å². The summed E-state index contributed by atoms with van der Waals surface area (Å²) in [6, 6.07) is 17.8. The van der Waals surface area contributed by atoms with Crippen molar-refractivity contribution in [2.24, 2.45) is 0 Å². The molecule has 4 aromatic rings. The second kappa shape index (κ2) is 12.7. The number of hydrogen-bond donors (Lipinski definition) is 3. The zero-order chi connectivity index (χ0) is 28.8. The van der Waals surface area contributed by atoms with Crippen LogP contribution in [0.3, 0.4) is 0 Å². The Balaban J connectivity index is 1.49. The molecule has 2 aromatic carbocycles. The lowest BCUT2D eigenvalue weighted by atomic mass is 10.1. The van der Waals surface area contributed by atoms with Gasteiger partial charge in [-0.15, -0.1) is 0 Å². The zero-order valence-corrected chi connectivity index (χ0v) is 23.5. The monoisotopic (exact) mass is 581 g/mol. The number of nitrogen functional groups attached to an aromatic ring is 1. The van der Waals surface area contributed by atoms with Crippen LogP contribution in [-0.2, 0) is 13.1 Å². The quantitative estimate of drug-likeness (QED) is 0.115. The molecule has 40 heavy (non-hydrogen) atoms. The number of rotatable bonds is 11. The van der Waals surface area contributed by atoms with E-state index >= 15 is 0 Å². The Morgan fingerprint density at radius 3 is 2.48 bits per heavy atom. The molecule has 0 radical (unpaired) electrons. The number of carbonyl (C=O) groups excluding carboxylic acids is 1. The molecule has 0 aliphatic rings. The fraction of sp³-hybridized carbons (Fsp3) is 0.214. The third-order valence-corrected chi connectivity index (χ3v) is 6.83. The van der Waals surface area contributed by atoms with E-state index < -0.39 is 4.92 Å². The number of benzene rings is 2. The highest BCUT2D eigenvalue weighted by molar-refractivity contribution is 6.36. The summed E-state index contributed by atoms with van der Waals surface area (Å²) in [4.78, 5) is 30.0. The number of halogens is 2. The molecule has 208 valence electrons. The first kappa shape index (κ1) is 28.7. The van der Waals surface area contributed by atoms with Crippen molar-refractivity contribution in [3.05, 3.63) is 98.3 Å². The molecule has 0 aliphatic carbocycles. The smallest absolute Gasteiger partial charge is 0.311 e. The number of pyridine rings is 1. The fourth-order valence-corrected chi connectivity index (χ4v) is 4.71. The number of nitrogens with one attached hydrogen (secondary N) is 2. The summed E-state index contributed by atoms with van der Waals surface area (Å²) in [5, 5.41) is 18.1. The molecule has 0 saturated carbocycles. The average Bonchev–Trinajstić information content (AvgIpc) is 3.33. The first-order chi connectivity index (χ1) is 19.1. The molecule has 1 amide bonds.